The largest absolute Gasteiger partial charge is 0.361 e. The lowest BCUT2D eigenvalue weighted by Gasteiger charge is -2.32. The molecule has 0 amide bonds. The molecule has 0 fully saturated rings. The SMILES string of the molecule is CCN(CCCc1c[nH]c2c(F)cc(F)cc12)CCCC1(c2ccc(F)cc2)OCc2cc(C#N)ccc21. The van der Waals surface area contributed by atoms with E-state index >= 15 is 0 Å². The van der Waals surface area contributed by atoms with Crippen molar-refractivity contribution in [2.45, 2.75) is 44.8 Å². The molecule has 2 heterocycles. The van der Waals surface area contributed by atoms with Crippen molar-refractivity contribution in [1.29, 1.82) is 5.26 Å². The summed E-state index contributed by atoms with van der Waals surface area (Å²) >= 11 is 0. The van der Waals surface area contributed by atoms with Crippen molar-refractivity contribution in [3.8, 4) is 6.07 Å². The van der Waals surface area contributed by atoms with Crippen molar-refractivity contribution >= 4 is 10.9 Å². The molecule has 5 rings (SSSR count). The number of benzene rings is 3. The van der Waals surface area contributed by atoms with E-state index in [1.165, 1.54) is 18.2 Å². The third-order valence-electron chi connectivity index (χ3n) is 7.62. The number of nitrogens with zero attached hydrogens (tertiary/aromatic N) is 2. The molecule has 0 saturated carbocycles. The molecule has 1 N–H and O–H groups in total. The molecule has 1 aliphatic heterocycles. The molecule has 1 aromatic heterocycles. The summed E-state index contributed by atoms with van der Waals surface area (Å²) in [7, 11) is 0. The summed E-state index contributed by atoms with van der Waals surface area (Å²) in [5.41, 5.74) is 4.10. The van der Waals surface area contributed by atoms with Gasteiger partial charge in [-0.15, -0.1) is 0 Å². The molecule has 1 atom stereocenters. The molecule has 0 radical (unpaired) electrons. The Morgan fingerprint density at radius 2 is 1.79 bits per heavy atom. The minimum atomic E-state index is -0.686. The number of aryl methyl sites for hydroxylation is 1. The highest BCUT2D eigenvalue weighted by molar-refractivity contribution is 5.83. The molecule has 0 bridgehead atoms. The maximum atomic E-state index is 14.0. The summed E-state index contributed by atoms with van der Waals surface area (Å²) in [6, 6.07) is 16.6. The zero-order valence-electron chi connectivity index (χ0n) is 21.4. The first kappa shape index (κ1) is 26.0. The molecule has 4 nitrogen and oxygen atoms in total. The molecule has 0 spiro atoms. The Balaban J connectivity index is 1.25. The number of halogens is 3. The second-order valence-corrected chi connectivity index (χ2v) is 9.87. The fraction of sp³-hybridized carbons (Fsp3) is 0.323. The number of aromatic amines is 1. The average Bonchev–Trinajstić information content (AvgIpc) is 3.50. The molecule has 3 aromatic carbocycles. The van der Waals surface area contributed by atoms with Gasteiger partial charge in [0.05, 0.1) is 23.8 Å². The van der Waals surface area contributed by atoms with Gasteiger partial charge >= 0.3 is 0 Å². The lowest BCUT2D eigenvalue weighted by atomic mass is 9.81. The number of nitriles is 1. The van der Waals surface area contributed by atoms with E-state index < -0.39 is 17.2 Å². The van der Waals surface area contributed by atoms with Crippen molar-refractivity contribution in [1.82, 2.24) is 9.88 Å². The molecule has 1 aliphatic rings. The van der Waals surface area contributed by atoms with Crippen LogP contribution in [0, 0.1) is 28.8 Å². The van der Waals surface area contributed by atoms with Crippen LogP contribution in [0.2, 0.25) is 0 Å². The lowest BCUT2D eigenvalue weighted by molar-refractivity contribution is -0.0145. The Morgan fingerprint density at radius 3 is 2.55 bits per heavy atom. The summed E-state index contributed by atoms with van der Waals surface area (Å²) in [6.45, 7) is 5.12. The molecule has 1 unspecified atom stereocenters. The van der Waals surface area contributed by atoms with E-state index in [1.54, 1.807) is 18.3 Å². The van der Waals surface area contributed by atoms with Gasteiger partial charge in [-0.1, -0.05) is 25.1 Å². The van der Waals surface area contributed by atoms with Gasteiger partial charge in [-0.25, -0.2) is 13.2 Å². The fourth-order valence-corrected chi connectivity index (χ4v) is 5.65. The van der Waals surface area contributed by atoms with Crippen LogP contribution >= 0.6 is 0 Å². The van der Waals surface area contributed by atoms with Crippen LogP contribution in [0.25, 0.3) is 10.9 Å². The first-order valence-corrected chi connectivity index (χ1v) is 13.0. The number of aromatic nitrogens is 1. The van der Waals surface area contributed by atoms with Crippen LogP contribution in [0.3, 0.4) is 0 Å². The number of rotatable bonds is 10. The second-order valence-electron chi connectivity index (χ2n) is 9.87. The minimum absolute atomic E-state index is 0.292. The summed E-state index contributed by atoms with van der Waals surface area (Å²) in [5, 5.41) is 9.91. The summed E-state index contributed by atoms with van der Waals surface area (Å²) in [4.78, 5) is 5.29. The van der Waals surface area contributed by atoms with Gasteiger partial charge < -0.3 is 14.6 Å². The number of H-pyrrole nitrogens is 1. The fourth-order valence-electron chi connectivity index (χ4n) is 5.65. The number of nitrogens with one attached hydrogen (secondary N) is 1. The van der Waals surface area contributed by atoms with Gasteiger partial charge in [0.25, 0.3) is 0 Å². The Morgan fingerprint density at radius 1 is 1.00 bits per heavy atom. The van der Waals surface area contributed by atoms with Crippen LogP contribution in [0.1, 0.15) is 54.0 Å². The van der Waals surface area contributed by atoms with Crippen molar-refractivity contribution in [3.05, 3.63) is 106 Å². The van der Waals surface area contributed by atoms with Gasteiger partial charge in [0.1, 0.15) is 23.1 Å². The standard InChI is InChI=1S/C31H30F3N3O/c1-2-37(13-3-5-22-19-36-30-27(22)16-26(33)17-29(30)34)14-4-12-31(24-7-9-25(32)10-8-24)28-11-6-21(18-35)15-23(28)20-38-31/h6-11,15-17,19,36H,2-5,12-14,20H2,1H3. The van der Waals surface area contributed by atoms with Gasteiger partial charge in [0.15, 0.2) is 0 Å². The van der Waals surface area contributed by atoms with E-state index in [-0.39, 0.29) is 5.82 Å². The Hall–Kier alpha value is -3.60. The van der Waals surface area contributed by atoms with Crippen LogP contribution < -0.4 is 0 Å². The van der Waals surface area contributed by atoms with Crippen molar-refractivity contribution < 1.29 is 17.9 Å². The first-order valence-electron chi connectivity index (χ1n) is 13.0. The van der Waals surface area contributed by atoms with E-state index in [1.807, 2.05) is 18.2 Å². The van der Waals surface area contributed by atoms with E-state index in [0.29, 0.717) is 23.1 Å². The third kappa shape index (κ3) is 5.07. The maximum Gasteiger partial charge on any atom is 0.150 e. The van der Waals surface area contributed by atoms with Crippen LogP contribution in [-0.2, 0) is 23.4 Å². The zero-order chi connectivity index (χ0) is 26.7. The molecule has 0 saturated heterocycles. The average molecular weight is 518 g/mol. The normalized spacial score (nSPS) is 16.7. The monoisotopic (exact) mass is 517 g/mol. The number of hydrogen-bond donors (Lipinski definition) is 1. The van der Waals surface area contributed by atoms with Gasteiger partial charge in [-0.2, -0.15) is 5.26 Å². The number of ether oxygens (including phenoxy) is 1. The predicted molar refractivity (Wildman–Crippen MR) is 141 cm³/mol. The lowest BCUT2D eigenvalue weighted by Crippen LogP contribution is -2.31. The first-order chi connectivity index (χ1) is 18.4. The van der Waals surface area contributed by atoms with Crippen LogP contribution in [0.15, 0.2) is 60.8 Å². The Bertz CT molecular complexity index is 1470. The van der Waals surface area contributed by atoms with Gasteiger partial charge in [0, 0.05) is 17.6 Å². The van der Waals surface area contributed by atoms with Gasteiger partial charge in [-0.3, -0.25) is 0 Å². The van der Waals surface area contributed by atoms with Crippen molar-refractivity contribution in [3.63, 3.8) is 0 Å². The van der Waals surface area contributed by atoms with Crippen LogP contribution in [-0.4, -0.2) is 29.5 Å². The number of hydrogen-bond acceptors (Lipinski definition) is 3. The molecule has 196 valence electrons. The maximum absolute atomic E-state index is 14.0. The zero-order valence-corrected chi connectivity index (χ0v) is 21.4. The minimum Gasteiger partial charge on any atom is -0.361 e. The highest BCUT2D eigenvalue weighted by Crippen LogP contribution is 2.45. The molecular weight excluding hydrogens is 487 g/mol. The van der Waals surface area contributed by atoms with E-state index in [2.05, 4.69) is 22.9 Å². The molecule has 4 aromatic rings. The molecular formula is C31H30F3N3O. The van der Waals surface area contributed by atoms with Gasteiger partial charge in [0.2, 0.25) is 0 Å². The van der Waals surface area contributed by atoms with Crippen LogP contribution in [0.4, 0.5) is 13.2 Å². The number of fused-ring (bicyclic) bond motifs is 2. The highest BCUT2D eigenvalue weighted by Gasteiger charge is 2.41. The summed E-state index contributed by atoms with van der Waals surface area (Å²) in [5.74, 6) is -1.43. The molecule has 0 aliphatic carbocycles. The third-order valence-corrected chi connectivity index (χ3v) is 7.62. The van der Waals surface area contributed by atoms with Crippen LogP contribution in [0.5, 0.6) is 0 Å². The molecule has 38 heavy (non-hydrogen) atoms. The molecule has 7 heteroatoms. The topological polar surface area (TPSA) is 52.0 Å². The smallest absolute Gasteiger partial charge is 0.150 e. The van der Waals surface area contributed by atoms with Gasteiger partial charge in [-0.05, 0) is 97.9 Å². The van der Waals surface area contributed by atoms with E-state index in [9.17, 15) is 18.4 Å². The predicted octanol–water partition coefficient (Wildman–Crippen LogP) is 6.97. The van der Waals surface area contributed by atoms with Crippen molar-refractivity contribution in [2.75, 3.05) is 19.6 Å². The van der Waals surface area contributed by atoms with E-state index in [0.717, 1.165) is 73.6 Å². The van der Waals surface area contributed by atoms with Crippen molar-refractivity contribution in [2.24, 2.45) is 0 Å². The highest BCUT2D eigenvalue weighted by atomic mass is 19.1. The summed E-state index contributed by atoms with van der Waals surface area (Å²) < 4.78 is 47.9. The van der Waals surface area contributed by atoms with E-state index in [4.69, 9.17) is 4.74 Å². The second kappa shape index (κ2) is 11.0. The summed E-state index contributed by atoms with van der Waals surface area (Å²) in [6.07, 6.45) is 4.92. The Kier molecular flexibility index (Phi) is 7.55. The quantitative estimate of drug-likeness (QED) is 0.247. The Labute approximate surface area is 220 Å².